The number of rotatable bonds is 4. The minimum absolute atomic E-state index is 0.855. The van der Waals surface area contributed by atoms with Gasteiger partial charge in [0.05, 0.1) is 0 Å². The fourth-order valence-corrected chi connectivity index (χ4v) is 2.03. The smallest absolute Gasteiger partial charge is 0.191 e. The summed E-state index contributed by atoms with van der Waals surface area (Å²) in [7, 11) is 1.82. The van der Waals surface area contributed by atoms with Crippen molar-refractivity contribution in [1.82, 2.24) is 10.6 Å². The fourth-order valence-electron chi connectivity index (χ4n) is 1.36. The largest absolute Gasteiger partial charge is 0.356 e. The van der Waals surface area contributed by atoms with E-state index in [0.717, 1.165) is 25.0 Å². The highest BCUT2D eigenvalue weighted by Gasteiger charge is 2.20. The molecule has 1 aromatic heterocycles. The molecule has 0 spiro atoms. The van der Waals surface area contributed by atoms with Gasteiger partial charge in [-0.05, 0) is 41.1 Å². The van der Waals surface area contributed by atoms with Crippen LogP contribution >= 0.6 is 11.3 Å². The Kier molecular flexibility index (Phi) is 3.61. The average molecular weight is 223 g/mol. The highest BCUT2D eigenvalue weighted by molar-refractivity contribution is 7.07. The molecular formula is C11H17N3S. The number of nitrogens with one attached hydrogen (secondary N) is 2. The molecule has 0 atom stereocenters. The molecule has 0 radical (unpaired) electrons. The van der Waals surface area contributed by atoms with Crippen LogP contribution in [-0.4, -0.2) is 19.6 Å². The Morgan fingerprint density at radius 3 is 3.00 bits per heavy atom. The van der Waals surface area contributed by atoms with E-state index in [-0.39, 0.29) is 0 Å². The Labute approximate surface area is 94.6 Å². The molecule has 4 heteroatoms. The molecule has 0 saturated heterocycles. The van der Waals surface area contributed by atoms with Crippen molar-refractivity contribution >= 4 is 17.3 Å². The lowest BCUT2D eigenvalue weighted by Gasteiger charge is -2.10. The van der Waals surface area contributed by atoms with Crippen LogP contribution in [0.5, 0.6) is 0 Å². The van der Waals surface area contributed by atoms with Crippen molar-refractivity contribution in [3.05, 3.63) is 22.4 Å². The molecule has 0 amide bonds. The predicted molar refractivity (Wildman–Crippen MR) is 65.2 cm³/mol. The summed E-state index contributed by atoms with van der Waals surface area (Å²) in [4.78, 5) is 4.19. The summed E-state index contributed by atoms with van der Waals surface area (Å²) in [5, 5.41) is 10.9. The van der Waals surface area contributed by atoms with E-state index in [1.54, 1.807) is 11.3 Å². The summed E-state index contributed by atoms with van der Waals surface area (Å²) in [5.41, 5.74) is 1.31. The molecule has 1 aromatic rings. The third kappa shape index (κ3) is 3.55. The van der Waals surface area contributed by atoms with Crippen molar-refractivity contribution in [2.75, 3.05) is 13.6 Å². The van der Waals surface area contributed by atoms with Crippen LogP contribution in [0.1, 0.15) is 18.4 Å². The Bertz CT molecular complexity index is 315. The number of hydrogen-bond donors (Lipinski definition) is 2. The van der Waals surface area contributed by atoms with Crippen LogP contribution in [0, 0.1) is 5.92 Å². The van der Waals surface area contributed by atoms with Crippen molar-refractivity contribution < 1.29 is 0 Å². The summed E-state index contributed by atoms with van der Waals surface area (Å²) in [5.74, 6) is 1.79. The first-order valence-corrected chi connectivity index (χ1v) is 6.28. The van der Waals surface area contributed by atoms with Crippen molar-refractivity contribution in [2.45, 2.75) is 19.4 Å². The topological polar surface area (TPSA) is 36.4 Å². The van der Waals surface area contributed by atoms with Crippen molar-refractivity contribution in [1.29, 1.82) is 0 Å². The van der Waals surface area contributed by atoms with Gasteiger partial charge in [-0.15, -0.1) is 0 Å². The Hall–Kier alpha value is -1.03. The number of aliphatic imine (C=N–C) groups is 1. The van der Waals surface area contributed by atoms with Crippen molar-refractivity contribution in [3.8, 4) is 0 Å². The average Bonchev–Trinajstić information content (AvgIpc) is 2.94. The van der Waals surface area contributed by atoms with E-state index >= 15 is 0 Å². The van der Waals surface area contributed by atoms with Gasteiger partial charge in [-0.3, -0.25) is 4.99 Å². The molecule has 3 nitrogen and oxygen atoms in total. The summed E-state index contributed by atoms with van der Waals surface area (Å²) in [6.07, 6.45) is 2.74. The van der Waals surface area contributed by atoms with E-state index in [0.29, 0.717) is 0 Å². The van der Waals surface area contributed by atoms with Gasteiger partial charge in [0.2, 0.25) is 0 Å². The van der Waals surface area contributed by atoms with Gasteiger partial charge in [-0.2, -0.15) is 11.3 Å². The zero-order valence-corrected chi connectivity index (χ0v) is 9.81. The Balaban J connectivity index is 1.70. The minimum atomic E-state index is 0.855. The maximum atomic E-state index is 4.19. The minimum Gasteiger partial charge on any atom is -0.356 e. The van der Waals surface area contributed by atoms with Gasteiger partial charge in [0, 0.05) is 20.1 Å². The molecule has 1 aliphatic carbocycles. The van der Waals surface area contributed by atoms with Gasteiger partial charge in [0.15, 0.2) is 5.96 Å². The van der Waals surface area contributed by atoms with Crippen LogP contribution in [-0.2, 0) is 6.54 Å². The Morgan fingerprint density at radius 2 is 2.40 bits per heavy atom. The fraction of sp³-hybridized carbons (Fsp3) is 0.545. The van der Waals surface area contributed by atoms with E-state index in [9.17, 15) is 0 Å². The summed E-state index contributed by atoms with van der Waals surface area (Å²) in [6.45, 7) is 1.91. The van der Waals surface area contributed by atoms with E-state index in [1.165, 1.54) is 18.4 Å². The second-order valence-electron chi connectivity index (χ2n) is 3.88. The maximum Gasteiger partial charge on any atom is 0.191 e. The van der Waals surface area contributed by atoms with Gasteiger partial charge in [0.1, 0.15) is 0 Å². The second-order valence-corrected chi connectivity index (χ2v) is 4.66. The number of hydrogen-bond acceptors (Lipinski definition) is 2. The highest BCUT2D eigenvalue weighted by Crippen LogP contribution is 2.27. The molecule has 1 aliphatic rings. The van der Waals surface area contributed by atoms with Crippen LogP contribution < -0.4 is 10.6 Å². The molecule has 1 fully saturated rings. The van der Waals surface area contributed by atoms with Gasteiger partial charge in [0.25, 0.3) is 0 Å². The van der Waals surface area contributed by atoms with E-state index in [2.05, 4.69) is 32.5 Å². The summed E-state index contributed by atoms with van der Waals surface area (Å²) in [6, 6.07) is 2.13. The molecule has 1 saturated carbocycles. The lowest BCUT2D eigenvalue weighted by molar-refractivity contribution is 0.738. The monoisotopic (exact) mass is 223 g/mol. The maximum absolute atomic E-state index is 4.19. The first-order chi connectivity index (χ1) is 7.38. The van der Waals surface area contributed by atoms with Crippen LogP contribution in [0.4, 0.5) is 0 Å². The molecule has 1 heterocycles. The molecule has 82 valence electrons. The summed E-state index contributed by atoms with van der Waals surface area (Å²) < 4.78 is 0. The first-order valence-electron chi connectivity index (χ1n) is 5.34. The highest BCUT2D eigenvalue weighted by atomic mass is 32.1. The number of guanidine groups is 1. The lowest BCUT2D eigenvalue weighted by Crippen LogP contribution is -2.37. The van der Waals surface area contributed by atoms with Crippen LogP contribution in [0.15, 0.2) is 21.8 Å². The lowest BCUT2D eigenvalue weighted by atomic mass is 10.3. The molecule has 2 rings (SSSR count). The van der Waals surface area contributed by atoms with Gasteiger partial charge in [-0.25, -0.2) is 0 Å². The SMILES string of the molecule is CN=C(NCc1ccsc1)NCC1CC1. The normalized spacial score (nSPS) is 16.5. The zero-order valence-electron chi connectivity index (χ0n) is 8.99. The molecule has 2 N–H and O–H groups in total. The number of thiophene rings is 1. The van der Waals surface area contributed by atoms with Gasteiger partial charge in [-0.1, -0.05) is 0 Å². The van der Waals surface area contributed by atoms with Crippen molar-refractivity contribution in [3.63, 3.8) is 0 Å². The van der Waals surface area contributed by atoms with Gasteiger partial charge < -0.3 is 10.6 Å². The van der Waals surface area contributed by atoms with Crippen molar-refractivity contribution in [2.24, 2.45) is 10.9 Å². The third-order valence-electron chi connectivity index (χ3n) is 2.52. The van der Waals surface area contributed by atoms with Gasteiger partial charge >= 0.3 is 0 Å². The molecule has 0 bridgehead atoms. The second kappa shape index (κ2) is 5.16. The first kappa shape index (κ1) is 10.5. The van der Waals surface area contributed by atoms with Crippen LogP contribution in [0.25, 0.3) is 0 Å². The van der Waals surface area contributed by atoms with E-state index in [1.807, 2.05) is 7.05 Å². The molecule has 15 heavy (non-hydrogen) atoms. The summed E-state index contributed by atoms with van der Waals surface area (Å²) >= 11 is 1.73. The zero-order chi connectivity index (χ0) is 10.5. The molecule has 0 aliphatic heterocycles. The quantitative estimate of drug-likeness (QED) is 0.603. The Morgan fingerprint density at radius 1 is 1.53 bits per heavy atom. The predicted octanol–water partition coefficient (Wildman–Crippen LogP) is 1.82. The van der Waals surface area contributed by atoms with Crippen LogP contribution in [0.3, 0.4) is 0 Å². The standard InChI is InChI=1S/C11H17N3S/c1-12-11(13-6-9-2-3-9)14-7-10-4-5-15-8-10/h4-5,8-9H,2-3,6-7H2,1H3,(H2,12,13,14). The molecule has 0 unspecified atom stereocenters. The molecule has 0 aromatic carbocycles. The van der Waals surface area contributed by atoms with E-state index < -0.39 is 0 Å². The third-order valence-corrected chi connectivity index (χ3v) is 3.25. The number of nitrogens with zero attached hydrogens (tertiary/aromatic N) is 1. The van der Waals surface area contributed by atoms with Crippen LogP contribution in [0.2, 0.25) is 0 Å². The molecular weight excluding hydrogens is 206 g/mol. The van der Waals surface area contributed by atoms with E-state index in [4.69, 9.17) is 0 Å².